The molecule has 1 aliphatic rings. The Morgan fingerprint density at radius 1 is 1.42 bits per heavy atom. The summed E-state index contributed by atoms with van der Waals surface area (Å²) in [7, 11) is 0. The Hall–Kier alpha value is -0.670. The van der Waals surface area contributed by atoms with E-state index in [0.717, 1.165) is 4.47 Å². The SMILES string of the molecule is O=C1C=c2c(Cl)cc(Br)cc2=N1. The zero-order chi connectivity index (χ0) is 8.72. The van der Waals surface area contributed by atoms with Crippen molar-refractivity contribution in [2.75, 3.05) is 0 Å². The molecule has 2 rings (SSSR count). The summed E-state index contributed by atoms with van der Waals surface area (Å²) in [5.74, 6) is -0.245. The lowest BCUT2D eigenvalue weighted by atomic mass is 10.3. The third-order valence-electron chi connectivity index (χ3n) is 1.57. The molecule has 0 bridgehead atoms. The quantitative estimate of drug-likeness (QED) is 0.671. The molecule has 0 N–H and O–H groups in total. The molecule has 12 heavy (non-hydrogen) atoms. The van der Waals surface area contributed by atoms with Crippen LogP contribution < -0.4 is 10.6 Å². The van der Waals surface area contributed by atoms with E-state index >= 15 is 0 Å². The molecule has 1 heterocycles. The largest absolute Gasteiger partial charge is 0.270 e. The Morgan fingerprint density at radius 2 is 2.17 bits per heavy atom. The summed E-state index contributed by atoms with van der Waals surface area (Å²) in [5.41, 5.74) is 0. The highest BCUT2D eigenvalue weighted by Gasteiger charge is 2.06. The molecule has 0 radical (unpaired) electrons. The van der Waals surface area contributed by atoms with Crippen molar-refractivity contribution in [3.63, 3.8) is 0 Å². The Morgan fingerprint density at radius 3 is 2.92 bits per heavy atom. The third kappa shape index (κ3) is 1.19. The summed E-state index contributed by atoms with van der Waals surface area (Å²) in [6, 6.07) is 3.51. The summed E-state index contributed by atoms with van der Waals surface area (Å²) in [4.78, 5) is 14.6. The highest BCUT2D eigenvalue weighted by Crippen LogP contribution is 2.10. The van der Waals surface area contributed by atoms with Crippen molar-refractivity contribution in [1.82, 2.24) is 0 Å². The van der Waals surface area contributed by atoms with Gasteiger partial charge in [-0.25, -0.2) is 4.99 Å². The van der Waals surface area contributed by atoms with Crippen LogP contribution in [0.2, 0.25) is 5.02 Å². The lowest BCUT2D eigenvalue weighted by Gasteiger charge is -1.90. The van der Waals surface area contributed by atoms with E-state index in [0.29, 0.717) is 15.6 Å². The lowest BCUT2D eigenvalue weighted by molar-refractivity contribution is -0.112. The van der Waals surface area contributed by atoms with Crippen molar-refractivity contribution in [2.24, 2.45) is 4.99 Å². The van der Waals surface area contributed by atoms with Crippen LogP contribution in [0.5, 0.6) is 0 Å². The molecule has 2 nitrogen and oxygen atoms in total. The van der Waals surface area contributed by atoms with Crippen LogP contribution in [0.25, 0.3) is 6.08 Å². The summed E-state index contributed by atoms with van der Waals surface area (Å²) >= 11 is 9.13. The van der Waals surface area contributed by atoms with Gasteiger partial charge in [-0.3, -0.25) is 4.79 Å². The topological polar surface area (TPSA) is 29.4 Å². The van der Waals surface area contributed by atoms with E-state index in [-0.39, 0.29) is 5.91 Å². The summed E-state index contributed by atoms with van der Waals surface area (Å²) < 4.78 is 0.832. The first-order valence-electron chi connectivity index (χ1n) is 3.26. The van der Waals surface area contributed by atoms with Gasteiger partial charge in [-0.15, -0.1) is 0 Å². The van der Waals surface area contributed by atoms with Gasteiger partial charge in [0, 0.05) is 15.8 Å². The second-order valence-electron chi connectivity index (χ2n) is 2.41. The molecule has 0 spiro atoms. The average molecular weight is 244 g/mol. The highest BCUT2D eigenvalue weighted by atomic mass is 79.9. The number of amides is 1. The van der Waals surface area contributed by atoms with Gasteiger partial charge in [0.25, 0.3) is 5.91 Å². The fourth-order valence-corrected chi connectivity index (χ4v) is 1.93. The predicted octanol–water partition coefficient (Wildman–Crippen LogP) is 1.04. The average Bonchev–Trinajstić information content (AvgIpc) is 2.29. The van der Waals surface area contributed by atoms with E-state index in [2.05, 4.69) is 20.9 Å². The smallest absolute Gasteiger partial charge is 0.267 e. The van der Waals surface area contributed by atoms with Crippen LogP contribution in [0.15, 0.2) is 21.6 Å². The van der Waals surface area contributed by atoms with Crippen molar-refractivity contribution in [1.29, 1.82) is 0 Å². The predicted molar refractivity (Wildman–Crippen MR) is 49.4 cm³/mol. The summed E-state index contributed by atoms with van der Waals surface area (Å²) in [6.07, 6.45) is 1.43. The number of carbonyl (C=O) groups excluding carboxylic acids is 1. The molecule has 4 heteroatoms. The zero-order valence-corrected chi connectivity index (χ0v) is 8.19. The van der Waals surface area contributed by atoms with Crippen LogP contribution in [0.3, 0.4) is 0 Å². The van der Waals surface area contributed by atoms with Crippen LogP contribution >= 0.6 is 27.5 Å². The maximum atomic E-state index is 10.9. The first-order valence-corrected chi connectivity index (χ1v) is 4.43. The molecule has 0 fully saturated rings. The van der Waals surface area contributed by atoms with Crippen molar-refractivity contribution in [3.05, 3.63) is 32.2 Å². The minimum atomic E-state index is -0.245. The summed E-state index contributed by atoms with van der Waals surface area (Å²) in [6.45, 7) is 0. The maximum absolute atomic E-state index is 10.9. The van der Waals surface area contributed by atoms with Crippen LogP contribution in [0.4, 0.5) is 0 Å². The number of halogens is 2. The van der Waals surface area contributed by atoms with Gasteiger partial charge < -0.3 is 0 Å². The lowest BCUT2D eigenvalue weighted by Crippen LogP contribution is -2.22. The Balaban J connectivity index is 2.95. The number of fused-ring (bicyclic) bond motifs is 1. The van der Waals surface area contributed by atoms with E-state index in [1.54, 1.807) is 12.1 Å². The van der Waals surface area contributed by atoms with Crippen molar-refractivity contribution >= 4 is 39.5 Å². The first-order chi connectivity index (χ1) is 5.66. The highest BCUT2D eigenvalue weighted by molar-refractivity contribution is 9.10. The number of carbonyl (C=O) groups is 1. The van der Waals surface area contributed by atoms with Gasteiger partial charge in [-0.2, -0.15) is 0 Å². The van der Waals surface area contributed by atoms with E-state index < -0.39 is 0 Å². The van der Waals surface area contributed by atoms with Crippen molar-refractivity contribution in [3.8, 4) is 0 Å². The zero-order valence-electron chi connectivity index (χ0n) is 5.84. The minimum absolute atomic E-state index is 0.245. The molecular formula is C8H3BrClNO. The van der Waals surface area contributed by atoms with E-state index in [9.17, 15) is 4.79 Å². The number of nitrogens with zero attached hydrogens (tertiary/aromatic N) is 1. The second kappa shape index (κ2) is 2.68. The van der Waals surface area contributed by atoms with Gasteiger partial charge >= 0.3 is 0 Å². The molecule has 1 aliphatic heterocycles. The van der Waals surface area contributed by atoms with Gasteiger partial charge in [0.15, 0.2) is 0 Å². The normalized spacial score (nSPS) is 13.7. The van der Waals surface area contributed by atoms with Crippen LogP contribution in [-0.2, 0) is 4.79 Å². The molecule has 0 saturated carbocycles. The molecule has 0 saturated heterocycles. The van der Waals surface area contributed by atoms with Gasteiger partial charge in [-0.1, -0.05) is 27.5 Å². The molecule has 1 aromatic carbocycles. The standard InChI is InChI=1S/C8H3BrClNO/c9-4-1-6(10)5-3-8(12)11-7(5)2-4/h1-3H. The van der Waals surface area contributed by atoms with E-state index in [1.807, 2.05) is 0 Å². The number of hydrogen-bond donors (Lipinski definition) is 0. The van der Waals surface area contributed by atoms with Crippen molar-refractivity contribution in [2.45, 2.75) is 0 Å². The number of rotatable bonds is 0. The monoisotopic (exact) mass is 243 g/mol. The Kier molecular flexibility index (Phi) is 1.77. The molecule has 0 aromatic heterocycles. The van der Waals surface area contributed by atoms with Crippen LogP contribution in [-0.4, -0.2) is 5.91 Å². The number of hydrogen-bond acceptors (Lipinski definition) is 1. The third-order valence-corrected chi connectivity index (χ3v) is 2.34. The first kappa shape index (κ1) is 7.95. The molecule has 0 atom stereocenters. The van der Waals surface area contributed by atoms with E-state index in [4.69, 9.17) is 11.6 Å². The Labute approximate surface area is 81.7 Å². The fraction of sp³-hybridized carbons (Fsp3) is 0. The molecule has 0 aliphatic carbocycles. The summed E-state index contributed by atoms with van der Waals surface area (Å²) in [5, 5.41) is 1.90. The van der Waals surface area contributed by atoms with Gasteiger partial charge in [0.05, 0.1) is 10.4 Å². The van der Waals surface area contributed by atoms with E-state index in [1.165, 1.54) is 6.08 Å². The molecule has 1 aromatic rings. The minimum Gasteiger partial charge on any atom is -0.267 e. The second-order valence-corrected chi connectivity index (χ2v) is 3.74. The van der Waals surface area contributed by atoms with Crippen LogP contribution in [0, 0.1) is 0 Å². The molecule has 0 unspecified atom stereocenters. The molecule has 1 amide bonds. The van der Waals surface area contributed by atoms with Crippen molar-refractivity contribution < 1.29 is 4.79 Å². The molecular weight excluding hydrogens is 241 g/mol. The van der Waals surface area contributed by atoms with Crippen LogP contribution in [0.1, 0.15) is 0 Å². The maximum Gasteiger partial charge on any atom is 0.270 e. The number of benzene rings is 1. The van der Waals surface area contributed by atoms with Gasteiger partial charge in [-0.05, 0) is 12.1 Å². The Bertz CT molecular complexity index is 481. The molecule has 60 valence electrons. The fourth-order valence-electron chi connectivity index (χ4n) is 1.08. The van der Waals surface area contributed by atoms with Gasteiger partial charge in [0.1, 0.15) is 0 Å². The van der Waals surface area contributed by atoms with Gasteiger partial charge in [0.2, 0.25) is 0 Å².